The Morgan fingerprint density at radius 3 is 2.37 bits per heavy atom. The van der Waals surface area contributed by atoms with E-state index in [9.17, 15) is 4.79 Å². The lowest BCUT2D eigenvalue weighted by atomic mass is 10.1. The summed E-state index contributed by atoms with van der Waals surface area (Å²) in [7, 11) is 0. The third-order valence-electron chi connectivity index (χ3n) is 3.66. The second kappa shape index (κ2) is 6.92. The SMILES string of the molecule is CCC(=O)N1CCN(CCc2ccc(Cl)cc2)CC1. The standard InChI is InChI=1S/C15H21ClN2O/c1-2-15(19)18-11-9-17(10-12-18)8-7-13-3-5-14(16)6-4-13/h3-6H,2,7-12H2,1H3. The molecule has 0 aliphatic carbocycles. The molecular formula is C15H21ClN2O. The van der Waals surface area contributed by atoms with Crippen LogP contribution in [0, 0.1) is 0 Å². The van der Waals surface area contributed by atoms with Gasteiger partial charge in [-0.2, -0.15) is 0 Å². The van der Waals surface area contributed by atoms with Gasteiger partial charge in [0.2, 0.25) is 5.91 Å². The van der Waals surface area contributed by atoms with Crippen molar-refractivity contribution in [2.75, 3.05) is 32.7 Å². The molecule has 1 amide bonds. The molecular weight excluding hydrogens is 260 g/mol. The first-order chi connectivity index (χ1) is 9.19. The number of hydrogen-bond acceptors (Lipinski definition) is 2. The largest absolute Gasteiger partial charge is 0.340 e. The molecule has 0 N–H and O–H groups in total. The van der Waals surface area contributed by atoms with E-state index in [1.165, 1.54) is 5.56 Å². The number of hydrogen-bond donors (Lipinski definition) is 0. The van der Waals surface area contributed by atoms with Gasteiger partial charge in [-0.25, -0.2) is 0 Å². The van der Waals surface area contributed by atoms with Gasteiger partial charge in [0.1, 0.15) is 0 Å². The van der Waals surface area contributed by atoms with Gasteiger partial charge in [-0.3, -0.25) is 9.69 Å². The van der Waals surface area contributed by atoms with E-state index in [0.717, 1.165) is 44.2 Å². The number of benzene rings is 1. The van der Waals surface area contributed by atoms with Crippen LogP contribution < -0.4 is 0 Å². The van der Waals surface area contributed by atoms with Crippen molar-refractivity contribution in [2.45, 2.75) is 19.8 Å². The van der Waals surface area contributed by atoms with Crippen molar-refractivity contribution in [3.63, 3.8) is 0 Å². The van der Waals surface area contributed by atoms with Crippen molar-refractivity contribution in [1.82, 2.24) is 9.80 Å². The minimum atomic E-state index is 0.275. The molecule has 1 aromatic carbocycles. The number of amides is 1. The quantitative estimate of drug-likeness (QED) is 0.846. The van der Waals surface area contributed by atoms with Gasteiger partial charge in [-0.05, 0) is 24.1 Å². The topological polar surface area (TPSA) is 23.6 Å². The van der Waals surface area contributed by atoms with Crippen molar-refractivity contribution in [2.24, 2.45) is 0 Å². The summed E-state index contributed by atoms with van der Waals surface area (Å²) in [4.78, 5) is 16.0. The highest BCUT2D eigenvalue weighted by atomic mass is 35.5. The molecule has 0 bridgehead atoms. The summed E-state index contributed by atoms with van der Waals surface area (Å²) in [6.07, 6.45) is 1.66. The Hall–Kier alpha value is -1.06. The van der Waals surface area contributed by atoms with Gasteiger partial charge < -0.3 is 4.90 Å². The summed E-state index contributed by atoms with van der Waals surface area (Å²) in [6.45, 7) is 6.68. The highest BCUT2D eigenvalue weighted by Gasteiger charge is 2.19. The number of carbonyl (C=O) groups is 1. The number of rotatable bonds is 4. The maximum atomic E-state index is 11.6. The van der Waals surface area contributed by atoms with Crippen molar-refractivity contribution in [3.8, 4) is 0 Å². The van der Waals surface area contributed by atoms with E-state index in [1.54, 1.807) is 0 Å². The van der Waals surface area contributed by atoms with Gasteiger partial charge in [-0.15, -0.1) is 0 Å². The second-order valence-electron chi connectivity index (χ2n) is 4.95. The molecule has 1 aromatic rings. The molecule has 1 saturated heterocycles. The first kappa shape index (κ1) is 14.4. The van der Waals surface area contributed by atoms with E-state index >= 15 is 0 Å². The van der Waals surface area contributed by atoms with Gasteiger partial charge in [0.05, 0.1) is 0 Å². The van der Waals surface area contributed by atoms with Crippen LogP contribution in [-0.2, 0) is 11.2 Å². The molecule has 1 heterocycles. The van der Waals surface area contributed by atoms with Gasteiger partial charge in [0.15, 0.2) is 0 Å². The predicted octanol–water partition coefficient (Wildman–Crippen LogP) is 2.44. The van der Waals surface area contributed by atoms with Crippen molar-refractivity contribution < 1.29 is 4.79 Å². The van der Waals surface area contributed by atoms with Crippen LogP contribution in [0.25, 0.3) is 0 Å². The van der Waals surface area contributed by atoms with Crippen LogP contribution in [0.1, 0.15) is 18.9 Å². The molecule has 0 unspecified atom stereocenters. The van der Waals surface area contributed by atoms with Gasteiger partial charge in [0.25, 0.3) is 0 Å². The summed E-state index contributed by atoms with van der Waals surface area (Å²) in [5.74, 6) is 0.275. The molecule has 3 nitrogen and oxygen atoms in total. The van der Waals surface area contributed by atoms with Crippen LogP contribution in [0.5, 0.6) is 0 Å². The Bertz CT molecular complexity index is 411. The van der Waals surface area contributed by atoms with Crippen LogP contribution in [0.3, 0.4) is 0 Å². The fourth-order valence-electron chi connectivity index (χ4n) is 2.38. The molecule has 0 aromatic heterocycles. The third kappa shape index (κ3) is 4.22. The smallest absolute Gasteiger partial charge is 0.222 e. The molecule has 0 radical (unpaired) electrons. The van der Waals surface area contributed by atoms with Crippen LogP contribution in [0.2, 0.25) is 5.02 Å². The monoisotopic (exact) mass is 280 g/mol. The highest BCUT2D eigenvalue weighted by molar-refractivity contribution is 6.30. The Labute approximate surface area is 120 Å². The van der Waals surface area contributed by atoms with E-state index < -0.39 is 0 Å². The summed E-state index contributed by atoms with van der Waals surface area (Å²) < 4.78 is 0. The van der Waals surface area contributed by atoms with E-state index in [4.69, 9.17) is 11.6 Å². The maximum absolute atomic E-state index is 11.6. The fraction of sp³-hybridized carbons (Fsp3) is 0.533. The summed E-state index contributed by atoms with van der Waals surface area (Å²) in [5.41, 5.74) is 1.32. The molecule has 0 saturated carbocycles. The third-order valence-corrected chi connectivity index (χ3v) is 3.91. The Kier molecular flexibility index (Phi) is 5.23. The maximum Gasteiger partial charge on any atom is 0.222 e. The molecule has 1 aliphatic heterocycles. The molecule has 1 aliphatic rings. The second-order valence-corrected chi connectivity index (χ2v) is 5.39. The molecule has 0 spiro atoms. The van der Waals surface area contributed by atoms with E-state index in [-0.39, 0.29) is 5.91 Å². The van der Waals surface area contributed by atoms with Gasteiger partial charge >= 0.3 is 0 Å². The zero-order valence-corrected chi connectivity index (χ0v) is 12.2. The van der Waals surface area contributed by atoms with Gasteiger partial charge in [0, 0.05) is 44.2 Å². The molecule has 4 heteroatoms. The molecule has 19 heavy (non-hydrogen) atoms. The number of carbonyl (C=O) groups excluding carboxylic acids is 1. The average molecular weight is 281 g/mol. The number of halogens is 1. The first-order valence-electron chi connectivity index (χ1n) is 6.93. The lowest BCUT2D eigenvalue weighted by molar-refractivity contribution is -0.132. The molecule has 104 valence electrons. The molecule has 1 fully saturated rings. The van der Waals surface area contributed by atoms with Crippen LogP contribution in [0.4, 0.5) is 0 Å². The van der Waals surface area contributed by atoms with E-state index in [2.05, 4.69) is 17.0 Å². The molecule has 0 atom stereocenters. The molecule has 2 rings (SSSR count). The lowest BCUT2D eigenvalue weighted by Gasteiger charge is -2.34. The highest BCUT2D eigenvalue weighted by Crippen LogP contribution is 2.11. The Morgan fingerprint density at radius 2 is 1.79 bits per heavy atom. The van der Waals surface area contributed by atoms with E-state index in [1.807, 2.05) is 24.0 Å². The van der Waals surface area contributed by atoms with Crippen LogP contribution in [-0.4, -0.2) is 48.4 Å². The predicted molar refractivity (Wildman–Crippen MR) is 78.5 cm³/mol. The minimum absolute atomic E-state index is 0.275. The summed E-state index contributed by atoms with van der Waals surface area (Å²) in [5, 5.41) is 0.787. The minimum Gasteiger partial charge on any atom is -0.340 e. The zero-order valence-electron chi connectivity index (χ0n) is 11.4. The number of nitrogens with zero attached hydrogens (tertiary/aromatic N) is 2. The average Bonchev–Trinajstić information content (AvgIpc) is 2.46. The Morgan fingerprint density at radius 1 is 1.16 bits per heavy atom. The zero-order chi connectivity index (χ0) is 13.7. The number of piperazine rings is 1. The van der Waals surface area contributed by atoms with E-state index in [0.29, 0.717) is 6.42 Å². The van der Waals surface area contributed by atoms with Crippen molar-refractivity contribution >= 4 is 17.5 Å². The van der Waals surface area contributed by atoms with Crippen molar-refractivity contribution in [3.05, 3.63) is 34.9 Å². The van der Waals surface area contributed by atoms with Crippen LogP contribution in [0.15, 0.2) is 24.3 Å². The normalized spacial score (nSPS) is 16.6. The summed E-state index contributed by atoms with van der Waals surface area (Å²) in [6, 6.07) is 8.04. The first-order valence-corrected chi connectivity index (χ1v) is 7.31. The fourth-order valence-corrected chi connectivity index (χ4v) is 2.51. The summed E-state index contributed by atoms with van der Waals surface area (Å²) >= 11 is 5.87. The van der Waals surface area contributed by atoms with Crippen LogP contribution >= 0.6 is 11.6 Å². The van der Waals surface area contributed by atoms with Crippen molar-refractivity contribution in [1.29, 1.82) is 0 Å². The van der Waals surface area contributed by atoms with Gasteiger partial charge in [-0.1, -0.05) is 30.7 Å². The lowest BCUT2D eigenvalue weighted by Crippen LogP contribution is -2.48. The Balaban J connectivity index is 1.74.